The van der Waals surface area contributed by atoms with Crippen LogP contribution >= 0.6 is 11.3 Å². The fraction of sp³-hybridized carbons (Fsp3) is 0.0526. The molecule has 0 atom stereocenters. The van der Waals surface area contributed by atoms with Crippen LogP contribution in [0.15, 0.2) is 64.4 Å². The summed E-state index contributed by atoms with van der Waals surface area (Å²) in [6, 6.07) is 14.5. The summed E-state index contributed by atoms with van der Waals surface area (Å²) in [5.41, 5.74) is 0.827. The van der Waals surface area contributed by atoms with E-state index in [1.807, 2.05) is 17.5 Å². The number of hydrogen-bond donors (Lipinski definition) is 2. The van der Waals surface area contributed by atoms with Crippen molar-refractivity contribution in [1.82, 2.24) is 10.2 Å². The van der Waals surface area contributed by atoms with Crippen molar-refractivity contribution in [3.8, 4) is 16.3 Å². The molecule has 0 saturated carbocycles. The number of thiophene rings is 1. The zero-order valence-electron chi connectivity index (χ0n) is 13.9. The highest BCUT2D eigenvalue weighted by Crippen LogP contribution is 2.24. The quantitative estimate of drug-likeness (QED) is 0.506. The minimum absolute atomic E-state index is 0.129. The molecule has 0 bridgehead atoms. The smallest absolute Gasteiger partial charge is 0.292 e. The van der Waals surface area contributed by atoms with Gasteiger partial charge in [0.1, 0.15) is 23.9 Å². The topological polar surface area (TPSA) is 80.2 Å². The van der Waals surface area contributed by atoms with Crippen molar-refractivity contribution in [2.45, 2.75) is 6.61 Å². The molecule has 4 rings (SSSR count). The molecular weight excluding hydrogens is 369 g/mol. The Morgan fingerprint density at radius 3 is 2.85 bits per heavy atom. The van der Waals surface area contributed by atoms with E-state index in [1.54, 1.807) is 29.5 Å². The summed E-state index contributed by atoms with van der Waals surface area (Å²) in [6.45, 7) is 0.129. The molecule has 27 heavy (non-hydrogen) atoms. The molecule has 0 unspecified atom stereocenters. The third-order valence-electron chi connectivity index (χ3n) is 3.69. The van der Waals surface area contributed by atoms with Crippen molar-refractivity contribution in [3.63, 3.8) is 0 Å². The molecule has 3 heterocycles. The molecular formula is C19H14FN3O3S. The predicted octanol–water partition coefficient (Wildman–Crippen LogP) is 4.70. The minimum atomic E-state index is -0.410. The van der Waals surface area contributed by atoms with E-state index in [1.165, 1.54) is 24.3 Å². The number of amides is 1. The molecule has 0 aliphatic carbocycles. The molecule has 0 aliphatic rings. The monoisotopic (exact) mass is 383 g/mol. The number of H-pyrrole nitrogens is 1. The number of nitrogens with one attached hydrogen (secondary N) is 2. The second kappa shape index (κ2) is 7.46. The predicted molar refractivity (Wildman–Crippen MR) is 99.3 cm³/mol. The van der Waals surface area contributed by atoms with Crippen LogP contribution in [-0.2, 0) is 6.61 Å². The number of benzene rings is 1. The summed E-state index contributed by atoms with van der Waals surface area (Å²) in [7, 11) is 0. The van der Waals surface area contributed by atoms with Crippen LogP contribution in [0.4, 0.5) is 10.2 Å². The van der Waals surface area contributed by atoms with Gasteiger partial charge in [-0.2, -0.15) is 5.10 Å². The van der Waals surface area contributed by atoms with E-state index in [9.17, 15) is 9.18 Å². The number of carbonyl (C=O) groups excluding carboxylic acids is 1. The number of hydrogen-bond acceptors (Lipinski definition) is 5. The number of carbonyl (C=O) groups is 1. The Kier molecular flexibility index (Phi) is 4.71. The first-order valence-electron chi connectivity index (χ1n) is 8.05. The first-order valence-corrected chi connectivity index (χ1v) is 8.93. The number of furan rings is 1. The molecule has 0 radical (unpaired) electrons. The Morgan fingerprint density at radius 2 is 2.07 bits per heavy atom. The normalized spacial score (nSPS) is 10.7. The fourth-order valence-corrected chi connectivity index (χ4v) is 3.08. The maximum atomic E-state index is 12.9. The summed E-state index contributed by atoms with van der Waals surface area (Å²) in [5, 5.41) is 11.6. The number of aromatic amines is 1. The second-order valence-electron chi connectivity index (χ2n) is 5.61. The maximum Gasteiger partial charge on any atom is 0.292 e. The molecule has 0 fully saturated rings. The van der Waals surface area contributed by atoms with Crippen molar-refractivity contribution < 1.29 is 18.3 Å². The van der Waals surface area contributed by atoms with Gasteiger partial charge in [-0.05, 0) is 47.8 Å². The third kappa shape index (κ3) is 4.06. The lowest BCUT2D eigenvalue weighted by Gasteiger charge is -2.03. The van der Waals surface area contributed by atoms with Crippen LogP contribution in [0.1, 0.15) is 16.3 Å². The largest absolute Gasteiger partial charge is 0.486 e. The van der Waals surface area contributed by atoms with E-state index in [2.05, 4.69) is 15.5 Å². The van der Waals surface area contributed by atoms with E-state index in [4.69, 9.17) is 9.15 Å². The van der Waals surface area contributed by atoms with Crippen LogP contribution in [-0.4, -0.2) is 16.1 Å². The van der Waals surface area contributed by atoms with Gasteiger partial charge in [0.25, 0.3) is 5.91 Å². The van der Waals surface area contributed by atoms with E-state index in [0.717, 1.165) is 10.6 Å². The molecule has 0 spiro atoms. The van der Waals surface area contributed by atoms with Crippen LogP contribution in [0.25, 0.3) is 10.6 Å². The molecule has 8 heteroatoms. The number of halogens is 1. The minimum Gasteiger partial charge on any atom is -0.486 e. The lowest BCUT2D eigenvalue weighted by molar-refractivity contribution is 0.0992. The van der Waals surface area contributed by atoms with E-state index >= 15 is 0 Å². The lowest BCUT2D eigenvalue weighted by atomic mass is 10.3. The van der Waals surface area contributed by atoms with E-state index in [-0.39, 0.29) is 18.2 Å². The van der Waals surface area contributed by atoms with Gasteiger partial charge in [-0.25, -0.2) is 4.39 Å². The SMILES string of the molecule is O=C(Nc1cc(-c2cccs2)[nH]n1)c1ccc(COc2ccc(F)cc2)o1. The average Bonchev–Trinajstić information content (AvgIpc) is 3.42. The molecule has 3 aromatic heterocycles. The third-order valence-corrected chi connectivity index (χ3v) is 4.59. The first kappa shape index (κ1) is 17.0. The van der Waals surface area contributed by atoms with Gasteiger partial charge >= 0.3 is 0 Å². The number of anilines is 1. The Labute approximate surface area is 157 Å². The highest BCUT2D eigenvalue weighted by molar-refractivity contribution is 7.13. The fourth-order valence-electron chi connectivity index (χ4n) is 2.38. The Hall–Kier alpha value is -3.39. The zero-order valence-corrected chi connectivity index (χ0v) is 14.8. The van der Waals surface area contributed by atoms with Gasteiger partial charge < -0.3 is 14.5 Å². The van der Waals surface area contributed by atoms with Crippen molar-refractivity contribution >= 4 is 23.1 Å². The van der Waals surface area contributed by atoms with Gasteiger partial charge in [-0.15, -0.1) is 11.3 Å². The molecule has 1 amide bonds. The Bertz CT molecular complexity index is 1040. The summed E-state index contributed by atoms with van der Waals surface area (Å²) < 4.78 is 23.9. The van der Waals surface area contributed by atoms with Crippen molar-refractivity contribution in [3.05, 3.63) is 77.3 Å². The average molecular weight is 383 g/mol. The second-order valence-corrected chi connectivity index (χ2v) is 6.55. The van der Waals surface area contributed by atoms with E-state index in [0.29, 0.717) is 17.3 Å². The highest BCUT2D eigenvalue weighted by Gasteiger charge is 2.14. The molecule has 1 aromatic carbocycles. The lowest BCUT2D eigenvalue weighted by Crippen LogP contribution is -2.11. The molecule has 0 aliphatic heterocycles. The van der Waals surface area contributed by atoms with Gasteiger partial charge in [-0.3, -0.25) is 9.89 Å². The number of rotatable bonds is 6. The zero-order chi connectivity index (χ0) is 18.6. The molecule has 0 saturated heterocycles. The van der Waals surface area contributed by atoms with Gasteiger partial charge in [0.2, 0.25) is 0 Å². The summed E-state index contributed by atoms with van der Waals surface area (Å²) in [6.07, 6.45) is 0. The van der Waals surface area contributed by atoms with Crippen LogP contribution in [0.5, 0.6) is 5.75 Å². The number of ether oxygens (including phenoxy) is 1. The molecule has 6 nitrogen and oxygen atoms in total. The van der Waals surface area contributed by atoms with Gasteiger partial charge in [0.15, 0.2) is 11.6 Å². The number of aromatic nitrogens is 2. The van der Waals surface area contributed by atoms with Crippen LogP contribution in [0.2, 0.25) is 0 Å². The van der Waals surface area contributed by atoms with Crippen LogP contribution in [0, 0.1) is 5.82 Å². The van der Waals surface area contributed by atoms with Crippen molar-refractivity contribution in [2.24, 2.45) is 0 Å². The van der Waals surface area contributed by atoms with E-state index < -0.39 is 5.91 Å². The van der Waals surface area contributed by atoms with Crippen molar-refractivity contribution in [2.75, 3.05) is 5.32 Å². The summed E-state index contributed by atoms with van der Waals surface area (Å²) >= 11 is 1.58. The molecule has 4 aromatic rings. The summed E-state index contributed by atoms with van der Waals surface area (Å²) in [4.78, 5) is 13.3. The molecule has 136 valence electrons. The molecule has 2 N–H and O–H groups in total. The summed E-state index contributed by atoms with van der Waals surface area (Å²) in [5.74, 6) is 0.798. The standard InChI is InChI=1S/C19H14FN3O3S/c20-12-3-5-13(6-4-12)25-11-14-7-8-16(26-14)19(24)21-18-10-15(22-23-18)17-2-1-9-27-17/h1-10H,11H2,(H2,21,22,23,24). The Balaban J connectivity index is 1.36. The van der Waals surface area contributed by atoms with Crippen LogP contribution < -0.4 is 10.1 Å². The Morgan fingerprint density at radius 1 is 1.22 bits per heavy atom. The maximum absolute atomic E-state index is 12.9. The van der Waals surface area contributed by atoms with Crippen molar-refractivity contribution in [1.29, 1.82) is 0 Å². The highest BCUT2D eigenvalue weighted by atomic mass is 32.1. The van der Waals surface area contributed by atoms with Gasteiger partial charge in [0.05, 0.1) is 10.6 Å². The van der Waals surface area contributed by atoms with Gasteiger partial charge in [-0.1, -0.05) is 6.07 Å². The van der Waals surface area contributed by atoms with Crippen LogP contribution in [0.3, 0.4) is 0 Å². The number of nitrogens with zero attached hydrogens (tertiary/aromatic N) is 1. The first-order chi connectivity index (χ1) is 13.2. The van der Waals surface area contributed by atoms with Gasteiger partial charge in [0, 0.05) is 6.07 Å².